The summed E-state index contributed by atoms with van der Waals surface area (Å²) in [7, 11) is 0. The second-order valence-corrected chi connectivity index (χ2v) is 4.53. The van der Waals surface area contributed by atoms with Crippen LogP contribution in [0.1, 0.15) is 33.1 Å². The van der Waals surface area contributed by atoms with Gasteiger partial charge in [-0.15, -0.1) is 6.58 Å². The van der Waals surface area contributed by atoms with E-state index < -0.39 is 18.4 Å². The lowest BCUT2D eigenvalue weighted by atomic mass is 10.3. The van der Waals surface area contributed by atoms with Crippen molar-refractivity contribution in [1.29, 1.82) is 0 Å². The van der Waals surface area contributed by atoms with E-state index in [9.17, 15) is 14.7 Å². The number of imide groups is 1. The molecule has 1 unspecified atom stereocenters. The van der Waals surface area contributed by atoms with Crippen LogP contribution in [0.5, 0.6) is 0 Å². The zero-order valence-electron chi connectivity index (χ0n) is 11.7. The third kappa shape index (κ3) is 3.26. The summed E-state index contributed by atoms with van der Waals surface area (Å²) in [5, 5.41) is 10.2. The molecule has 1 saturated heterocycles. The highest BCUT2D eigenvalue weighted by molar-refractivity contribution is 5.95. The van der Waals surface area contributed by atoms with Gasteiger partial charge in [0.2, 0.25) is 6.35 Å². The lowest BCUT2D eigenvalue weighted by Gasteiger charge is -2.44. The molecule has 1 heterocycles. The largest absolute Gasteiger partial charge is 0.356 e. The van der Waals surface area contributed by atoms with Gasteiger partial charge in [-0.25, -0.2) is 14.5 Å². The Labute approximate surface area is 114 Å². The topological polar surface area (TPSA) is 64.1 Å². The lowest BCUT2D eigenvalue weighted by Crippen LogP contribution is -2.66. The van der Waals surface area contributed by atoms with Crippen LogP contribution >= 0.6 is 0 Å². The van der Waals surface area contributed by atoms with E-state index in [4.69, 9.17) is 0 Å². The molecular formula is C13H23N3O3. The van der Waals surface area contributed by atoms with Crippen molar-refractivity contribution in [2.75, 3.05) is 19.6 Å². The van der Waals surface area contributed by atoms with Crippen molar-refractivity contribution in [3.63, 3.8) is 0 Å². The van der Waals surface area contributed by atoms with Gasteiger partial charge in [0.05, 0.1) is 0 Å². The highest BCUT2D eigenvalue weighted by Gasteiger charge is 2.41. The van der Waals surface area contributed by atoms with Crippen molar-refractivity contribution in [2.45, 2.75) is 39.5 Å². The molecule has 0 bridgehead atoms. The third-order valence-corrected chi connectivity index (χ3v) is 3.00. The standard InChI is InChI=1S/C13H23N3O3/c1-4-7-10-16-12(18)14(8-5-2)11(17)15(9-6-3)13(16)19/h4,12,18H,1,5-10H2,2-3H3. The lowest BCUT2D eigenvalue weighted by molar-refractivity contribution is -0.0921. The molecule has 1 aliphatic heterocycles. The van der Waals surface area contributed by atoms with Crippen LogP contribution in [-0.2, 0) is 0 Å². The minimum Gasteiger partial charge on any atom is -0.356 e. The van der Waals surface area contributed by atoms with E-state index in [-0.39, 0.29) is 0 Å². The fourth-order valence-electron chi connectivity index (χ4n) is 2.07. The third-order valence-electron chi connectivity index (χ3n) is 3.00. The van der Waals surface area contributed by atoms with Crippen LogP contribution in [0.15, 0.2) is 12.7 Å². The van der Waals surface area contributed by atoms with Crippen molar-refractivity contribution < 1.29 is 14.7 Å². The Kier molecular flexibility index (Phi) is 5.82. The highest BCUT2D eigenvalue weighted by Crippen LogP contribution is 2.19. The van der Waals surface area contributed by atoms with Crippen LogP contribution in [0.25, 0.3) is 0 Å². The molecule has 0 aliphatic carbocycles. The summed E-state index contributed by atoms with van der Waals surface area (Å²) in [5.41, 5.74) is 0. The summed E-state index contributed by atoms with van der Waals surface area (Å²) in [4.78, 5) is 28.2. The summed E-state index contributed by atoms with van der Waals surface area (Å²) in [6.45, 7) is 8.60. The van der Waals surface area contributed by atoms with Crippen molar-refractivity contribution in [3.05, 3.63) is 12.7 Å². The molecule has 1 aliphatic rings. The van der Waals surface area contributed by atoms with Crippen LogP contribution in [0.2, 0.25) is 0 Å². The zero-order valence-corrected chi connectivity index (χ0v) is 11.7. The molecule has 19 heavy (non-hydrogen) atoms. The van der Waals surface area contributed by atoms with Gasteiger partial charge in [0, 0.05) is 19.6 Å². The van der Waals surface area contributed by atoms with E-state index in [2.05, 4.69) is 6.58 Å². The van der Waals surface area contributed by atoms with E-state index in [0.29, 0.717) is 32.5 Å². The zero-order chi connectivity index (χ0) is 14.4. The number of rotatable bonds is 7. The average molecular weight is 269 g/mol. The molecular weight excluding hydrogens is 246 g/mol. The maximum Gasteiger partial charge on any atom is 0.331 e. The molecule has 0 radical (unpaired) electrons. The normalized spacial score (nSPS) is 20.2. The molecule has 6 heteroatoms. The number of urea groups is 2. The Morgan fingerprint density at radius 3 is 2.11 bits per heavy atom. The second kappa shape index (κ2) is 7.13. The quantitative estimate of drug-likeness (QED) is 0.717. The summed E-state index contributed by atoms with van der Waals surface area (Å²) in [6.07, 6.45) is 2.52. The van der Waals surface area contributed by atoms with Gasteiger partial charge < -0.3 is 5.11 Å². The Morgan fingerprint density at radius 2 is 1.63 bits per heavy atom. The van der Waals surface area contributed by atoms with Gasteiger partial charge in [0.25, 0.3) is 0 Å². The van der Waals surface area contributed by atoms with Crippen molar-refractivity contribution >= 4 is 12.1 Å². The number of carbonyl (C=O) groups excluding carboxylic acids is 2. The van der Waals surface area contributed by atoms with E-state index >= 15 is 0 Å². The SMILES string of the molecule is C=CCCN1C(=O)N(CCC)C(=O)N(CCC)C1O. The van der Waals surface area contributed by atoms with Gasteiger partial charge in [-0.3, -0.25) is 9.80 Å². The monoisotopic (exact) mass is 269 g/mol. The van der Waals surface area contributed by atoms with Gasteiger partial charge in [0.1, 0.15) is 0 Å². The van der Waals surface area contributed by atoms with Crippen LogP contribution in [-0.4, -0.2) is 57.9 Å². The Morgan fingerprint density at radius 1 is 1.11 bits per heavy atom. The number of aliphatic hydroxyl groups excluding tert-OH is 1. The minimum atomic E-state index is -1.17. The van der Waals surface area contributed by atoms with Crippen LogP contribution in [0.4, 0.5) is 9.59 Å². The summed E-state index contributed by atoms with van der Waals surface area (Å²) in [5.74, 6) is 0. The smallest absolute Gasteiger partial charge is 0.331 e. The van der Waals surface area contributed by atoms with Crippen molar-refractivity contribution in [1.82, 2.24) is 14.7 Å². The maximum absolute atomic E-state index is 12.2. The molecule has 0 aromatic rings. The first kappa shape index (κ1) is 15.5. The first-order chi connectivity index (χ1) is 9.08. The van der Waals surface area contributed by atoms with Crippen molar-refractivity contribution in [3.8, 4) is 0 Å². The summed E-state index contributed by atoms with van der Waals surface area (Å²) in [6, 6.07) is -0.829. The number of hydrogen-bond donors (Lipinski definition) is 1. The highest BCUT2D eigenvalue weighted by atomic mass is 16.3. The number of aliphatic hydroxyl groups is 1. The first-order valence-corrected chi connectivity index (χ1v) is 6.76. The van der Waals surface area contributed by atoms with Crippen LogP contribution in [0.3, 0.4) is 0 Å². The molecule has 0 spiro atoms. The predicted octanol–water partition coefficient (Wildman–Crippen LogP) is 1.82. The Bertz CT molecular complexity index is 346. The summed E-state index contributed by atoms with van der Waals surface area (Å²) < 4.78 is 0. The number of amides is 4. The predicted molar refractivity (Wildman–Crippen MR) is 72.3 cm³/mol. The number of nitrogens with zero attached hydrogens (tertiary/aromatic N) is 3. The van der Waals surface area contributed by atoms with E-state index in [1.54, 1.807) is 6.08 Å². The van der Waals surface area contributed by atoms with E-state index in [0.717, 1.165) is 6.42 Å². The molecule has 0 aromatic carbocycles. The average Bonchev–Trinajstić information content (AvgIpc) is 2.40. The molecule has 108 valence electrons. The van der Waals surface area contributed by atoms with Gasteiger partial charge in [-0.1, -0.05) is 19.9 Å². The fourth-order valence-corrected chi connectivity index (χ4v) is 2.07. The van der Waals surface area contributed by atoms with Crippen LogP contribution < -0.4 is 0 Å². The molecule has 1 atom stereocenters. The van der Waals surface area contributed by atoms with Crippen LogP contribution in [0, 0.1) is 0 Å². The first-order valence-electron chi connectivity index (χ1n) is 6.76. The summed E-state index contributed by atoms with van der Waals surface area (Å²) >= 11 is 0. The van der Waals surface area contributed by atoms with Gasteiger partial charge in [-0.05, 0) is 19.3 Å². The Balaban J connectivity index is 2.93. The maximum atomic E-state index is 12.2. The van der Waals surface area contributed by atoms with Gasteiger partial charge >= 0.3 is 12.1 Å². The molecule has 1 rings (SSSR count). The number of carbonyl (C=O) groups is 2. The molecule has 1 fully saturated rings. The molecule has 0 saturated carbocycles. The van der Waals surface area contributed by atoms with E-state index in [1.165, 1.54) is 14.7 Å². The number of hydrogen-bond acceptors (Lipinski definition) is 3. The minimum absolute atomic E-state index is 0.358. The van der Waals surface area contributed by atoms with Gasteiger partial charge in [0.15, 0.2) is 0 Å². The van der Waals surface area contributed by atoms with Gasteiger partial charge in [-0.2, -0.15) is 0 Å². The molecule has 6 nitrogen and oxygen atoms in total. The Hall–Kier alpha value is -1.56. The van der Waals surface area contributed by atoms with E-state index in [1.807, 2.05) is 13.8 Å². The van der Waals surface area contributed by atoms with Crippen molar-refractivity contribution in [2.24, 2.45) is 0 Å². The second-order valence-electron chi connectivity index (χ2n) is 4.53. The fraction of sp³-hybridized carbons (Fsp3) is 0.692. The molecule has 4 amide bonds. The molecule has 0 aromatic heterocycles. The molecule has 1 N–H and O–H groups in total.